The first-order valence-electron chi connectivity index (χ1n) is 5.63. The number of ether oxygens (including phenoxy) is 1. The van der Waals surface area contributed by atoms with Crippen molar-refractivity contribution in [1.29, 1.82) is 0 Å². The lowest BCUT2D eigenvalue weighted by Crippen LogP contribution is -2.35. The number of aromatic nitrogens is 1. The van der Waals surface area contributed by atoms with Gasteiger partial charge >= 0.3 is 0 Å². The van der Waals surface area contributed by atoms with Gasteiger partial charge in [-0.2, -0.15) is 0 Å². The van der Waals surface area contributed by atoms with Gasteiger partial charge < -0.3 is 10.1 Å². The first kappa shape index (κ1) is 10.6. The molecule has 0 amide bonds. The fraction of sp³-hybridized carbons (Fsp3) is 0.583. The van der Waals surface area contributed by atoms with Gasteiger partial charge in [-0.3, -0.25) is 4.98 Å². The maximum absolute atomic E-state index is 5.95. The Balaban J connectivity index is 1.88. The molecule has 0 radical (unpaired) electrons. The number of pyridine rings is 1. The van der Waals surface area contributed by atoms with Gasteiger partial charge in [0.25, 0.3) is 0 Å². The van der Waals surface area contributed by atoms with Crippen molar-refractivity contribution in [2.75, 3.05) is 13.1 Å². The molecule has 0 saturated carbocycles. The normalized spacial score (nSPS) is 23.7. The Hall–Kier alpha value is -0.930. The van der Waals surface area contributed by atoms with Gasteiger partial charge in [0, 0.05) is 12.7 Å². The maximum atomic E-state index is 5.95. The Kier molecular flexibility index (Phi) is 3.69. The monoisotopic (exact) mass is 206 g/mol. The second-order valence-electron chi connectivity index (χ2n) is 4.00. The Morgan fingerprint density at radius 1 is 1.53 bits per heavy atom. The molecule has 2 heterocycles. The van der Waals surface area contributed by atoms with Crippen LogP contribution in [0.1, 0.15) is 31.6 Å². The predicted octanol–water partition coefficient (Wildman–Crippen LogP) is 1.91. The molecule has 1 saturated heterocycles. The van der Waals surface area contributed by atoms with Crippen LogP contribution in [-0.2, 0) is 4.74 Å². The van der Waals surface area contributed by atoms with Crippen LogP contribution in [-0.4, -0.2) is 24.2 Å². The van der Waals surface area contributed by atoms with E-state index < -0.39 is 0 Å². The zero-order valence-electron chi connectivity index (χ0n) is 9.15. The van der Waals surface area contributed by atoms with Crippen molar-refractivity contribution in [3.8, 4) is 0 Å². The topological polar surface area (TPSA) is 34.1 Å². The molecule has 0 aliphatic carbocycles. The molecule has 2 rings (SSSR count). The standard InChI is InChI=1S/C12H18N2O/c1-10(12-6-2-3-8-14-12)15-11-5-4-7-13-9-11/h2-3,6,8,10-11,13H,4-5,7,9H2,1H3/t10?,11-/m1/s1. The zero-order valence-corrected chi connectivity index (χ0v) is 9.15. The lowest BCUT2D eigenvalue weighted by molar-refractivity contribution is -0.0169. The third-order valence-corrected chi connectivity index (χ3v) is 2.75. The highest BCUT2D eigenvalue weighted by molar-refractivity contribution is 5.06. The van der Waals surface area contributed by atoms with E-state index in [4.69, 9.17) is 4.74 Å². The summed E-state index contributed by atoms with van der Waals surface area (Å²) in [6.07, 6.45) is 4.62. The van der Waals surface area contributed by atoms with Crippen LogP contribution in [0.2, 0.25) is 0 Å². The molecule has 0 aromatic carbocycles. The molecular weight excluding hydrogens is 188 g/mol. The highest BCUT2D eigenvalue weighted by Gasteiger charge is 2.17. The number of hydrogen-bond donors (Lipinski definition) is 1. The molecule has 3 heteroatoms. The molecule has 1 aromatic rings. The summed E-state index contributed by atoms with van der Waals surface area (Å²) in [7, 11) is 0. The van der Waals surface area contributed by atoms with Crippen molar-refractivity contribution < 1.29 is 4.74 Å². The van der Waals surface area contributed by atoms with E-state index in [1.165, 1.54) is 6.42 Å². The van der Waals surface area contributed by atoms with Gasteiger partial charge in [-0.15, -0.1) is 0 Å². The van der Waals surface area contributed by atoms with Gasteiger partial charge in [-0.05, 0) is 38.4 Å². The molecule has 1 aromatic heterocycles. The van der Waals surface area contributed by atoms with Crippen molar-refractivity contribution in [1.82, 2.24) is 10.3 Å². The summed E-state index contributed by atoms with van der Waals surface area (Å²) in [4.78, 5) is 4.30. The minimum atomic E-state index is 0.0936. The Morgan fingerprint density at radius 2 is 2.47 bits per heavy atom. The lowest BCUT2D eigenvalue weighted by Gasteiger charge is -2.26. The molecular formula is C12H18N2O. The number of nitrogens with one attached hydrogen (secondary N) is 1. The molecule has 1 aliphatic heterocycles. The minimum absolute atomic E-state index is 0.0936. The number of hydrogen-bond acceptors (Lipinski definition) is 3. The fourth-order valence-corrected chi connectivity index (χ4v) is 1.91. The van der Waals surface area contributed by atoms with E-state index in [0.29, 0.717) is 6.10 Å². The predicted molar refractivity (Wildman–Crippen MR) is 59.6 cm³/mol. The quantitative estimate of drug-likeness (QED) is 0.820. The molecule has 1 aliphatic rings. The Bertz CT molecular complexity index is 283. The average molecular weight is 206 g/mol. The van der Waals surface area contributed by atoms with E-state index in [9.17, 15) is 0 Å². The van der Waals surface area contributed by atoms with Gasteiger partial charge in [0.15, 0.2) is 0 Å². The molecule has 0 spiro atoms. The molecule has 0 bridgehead atoms. The van der Waals surface area contributed by atoms with Crippen molar-refractivity contribution in [2.45, 2.75) is 32.0 Å². The smallest absolute Gasteiger partial charge is 0.0970 e. The molecule has 1 N–H and O–H groups in total. The summed E-state index contributed by atoms with van der Waals surface area (Å²) in [5.41, 5.74) is 1.02. The highest BCUT2D eigenvalue weighted by Crippen LogP contribution is 2.18. The third-order valence-electron chi connectivity index (χ3n) is 2.75. The van der Waals surface area contributed by atoms with Gasteiger partial charge in [0.05, 0.1) is 17.9 Å². The summed E-state index contributed by atoms with van der Waals surface area (Å²) in [6.45, 7) is 4.16. The van der Waals surface area contributed by atoms with Gasteiger partial charge in [-0.25, -0.2) is 0 Å². The molecule has 1 unspecified atom stereocenters. The molecule has 2 atom stereocenters. The largest absolute Gasteiger partial charge is 0.368 e. The number of rotatable bonds is 3. The second-order valence-corrected chi connectivity index (χ2v) is 4.00. The van der Waals surface area contributed by atoms with Crippen LogP contribution in [0.3, 0.4) is 0 Å². The van der Waals surface area contributed by atoms with Crippen molar-refractivity contribution in [3.05, 3.63) is 30.1 Å². The third kappa shape index (κ3) is 3.01. The first-order valence-corrected chi connectivity index (χ1v) is 5.63. The molecule has 82 valence electrons. The minimum Gasteiger partial charge on any atom is -0.368 e. The molecule has 3 nitrogen and oxygen atoms in total. The van der Waals surface area contributed by atoms with Crippen LogP contribution in [0.5, 0.6) is 0 Å². The summed E-state index contributed by atoms with van der Waals surface area (Å²) in [6, 6.07) is 5.95. The van der Waals surface area contributed by atoms with Crippen LogP contribution >= 0.6 is 0 Å². The van der Waals surface area contributed by atoms with Crippen molar-refractivity contribution >= 4 is 0 Å². The van der Waals surface area contributed by atoms with Crippen molar-refractivity contribution in [2.24, 2.45) is 0 Å². The molecule has 1 fully saturated rings. The summed E-state index contributed by atoms with van der Waals surface area (Å²) in [5.74, 6) is 0. The van der Waals surface area contributed by atoms with Crippen LogP contribution in [0.15, 0.2) is 24.4 Å². The van der Waals surface area contributed by atoms with E-state index in [-0.39, 0.29) is 6.10 Å². The highest BCUT2D eigenvalue weighted by atomic mass is 16.5. The maximum Gasteiger partial charge on any atom is 0.0970 e. The summed E-state index contributed by atoms with van der Waals surface area (Å²) >= 11 is 0. The van der Waals surface area contributed by atoms with Crippen LogP contribution in [0, 0.1) is 0 Å². The van der Waals surface area contributed by atoms with Crippen LogP contribution < -0.4 is 5.32 Å². The van der Waals surface area contributed by atoms with Crippen molar-refractivity contribution in [3.63, 3.8) is 0 Å². The van der Waals surface area contributed by atoms with E-state index in [0.717, 1.165) is 25.2 Å². The first-order chi connectivity index (χ1) is 7.36. The number of nitrogens with zero attached hydrogens (tertiary/aromatic N) is 1. The van der Waals surface area contributed by atoms with E-state index in [1.54, 1.807) is 0 Å². The van der Waals surface area contributed by atoms with Gasteiger partial charge in [0.1, 0.15) is 0 Å². The van der Waals surface area contributed by atoms with Gasteiger partial charge in [0.2, 0.25) is 0 Å². The SMILES string of the molecule is CC(O[C@@H]1CCCNC1)c1ccccn1. The molecule has 15 heavy (non-hydrogen) atoms. The van der Waals surface area contributed by atoms with Crippen LogP contribution in [0.25, 0.3) is 0 Å². The van der Waals surface area contributed by atoms with Gasteiger partial charge in [-0.1, -0.05) is 6.07 Å². The number of piperidine rings is 1. The van der Waals surface area contributed by atoms with E-state index in [2.05, 4.69) is 17.2 Å². The Labute approximate surface area is 90.9 Å². The average Bonchev–Trinajstić information content (AvgIpc) is 2.31. The Morgan fingerprint density at radius 3 is 3.13 bits per heavy atom. The van der Waals surface area contributed by atoms with E-state index in [1.807, 2.05) is 24.4 Å². The summed E-state index contributed by atoms with van der Waals surface area (Å²) in [5, 5.41) is 3.35. The second kappa shape index (κ2) is 5.24. The zero-order chi connectivity index (χ0) is 10.5. The fourth-order valence-electron chi connectivity index (χ4n) is 1.91. The van der Waals surface area contributed by atoms with E-state index >= 15 is 0 Å². The lowest BCUT2D eigenvalue weighted by atomic mass is 10.1. The summed E-state index contributed by atoms with van der Waals surface area (Å²) < 4.78 is 5.95. The van der Waals surface area contributed by atoms with Crippen LogP contribution in [0.4, 0.5) is 0 Å².